The Morgan fingerprint density at radius 1 is 1.03 bits per heavy atom. The molecular formula is C21H22N2O6. The molecule has 1 N–H and O–H groups in total. The van der Waals surface area contributed by atoms with E-state index in [4.69, 9.17) is 4.74 Å². The minimum Gasteiger partial charge on any atom is -0.456 e. The highest BCUT2D eigenvalue weighted by Crippen LogP contribution is 2.34. The van der Waals surface area contributed by atoms with Crippen molar-refractivity contribution in [3.63, 3.8) is 0 Å². The van der Waals surface area contributed by atoms with Crippen LogP contribution in [0.15, 0.2) is 36.4 Å². The van der Waals surface area contributed by atoms with Crippen LogP contribution in [0.3, 0.4) is 0 Å². The van der Waals surface area contributed by atoms with E-state index in [0.717, 1.165) is 4.90 Å². The van der Waals surface area contributed by atoms with E-state index < -0.39 is 36.7 Å². The lowest BCUT2D eigenvalue weighted by molar-refractivity contribution is -0.152. The quantitative estimate of drug-likeness (QED) is 0.324. The predicted molar refractivity (Wildman–Crippen MR) is 103 cm³/mol. The van der Waals surface area contributed by atoms with Crippen molar-refractivity contribution in [3.05, 3.63) is 42.0 Å². The lowest BCUT2D eigenvalue weighted by Crippen LogP contribution is -2.37. The van der Waals surface area contributed by atoms with E-state index in [-0.39, 0.29) is 17.7 Å². The van der Waals surface area contributed by atoms with Gasteiger partial charge in [0.05, 0.1) is 11.8 Å². The van der Waals surface area contributed by atoms with Crippen molar-refractivity contribution < 1.29 is 28.7 Å². The van der Waals surface area contributed by atoms with Crippen molar-refractivity contribution in [2.45, 2.75) is 26.2 Å². The van der Waals surface area contributed by atoms with Gasteiger partial charge in [0.15, 0.2) is 12.4 Å². The van der Waals surface area contributed by atoms with Crippen molar-refractivity contribution in [1.82, 2.24) is 4.90 Å². The van der Waals surface area contributed by atoms with Gasteiger partial charge >= 0.3 is 5.97 Å². The molecule has 2 atom stereocenters. The smallest absolute Gasteiger partial charge is 0.326 e. The zero-order chi connectivity index (χ0) is 21.0. The second kappa shape index (κ2) is 8.81. The monoisotopic (exact) mass is 398 g/mol. The number of ketones is 1. The van der Waals surface area contributed by atoms with Crippen LogP contribution in [0.5, 0.6) is 0 Å². The summed E-state index contributed by atoms with van der Waals surface area (Å²) in [6.07, 6.45) is 5.07. The molecule has 8 heteroatoms. The summed E-state index contributed by atoms with van der Waals surface area (Å²) in [5, 5.41) is 2.67. The summed E-state index contributed by atoms with van der Waals surface area (Å²) in [5.41, 5.74) is 0.880. The molecule has 0 spiro atoms. The maximum atomic E-state index is 12.3. The van der Waals surface area contributed by atoms with Crippen molar-refractivity contribution >= 4 is 35.2 Å². The predicted octanol–water partition coefficient (Wildman–Crippen LogP) is 1.71. The Morgan fingerprint density at radius 3 is 2.17 bits per heavy atom. The van der Waals surface area contributed by atoms with Gasteiger partial charge < -0.3 is 10.1 Å². The number of hydrogen-bond donors (Lipinski definition) is 1. The van der Waals surface area contributed by atoms with Crippen LogP contribution in [0, 0.1) is 11.8 Å². The average molecular weight is 398 g/mol. The summed E-state index contributed by atoms with van der Waals surface area (Å²) in [6, 6.07) is 6.21. The van der Waals surface area contributed by atoms with Crippen molar-refractivity contribution in [2.24, 2.45) is 11.8 Å². The number of benzene rings is 1. The summed E-state index contributed by atoms with van der Waals surface area (Å²) in [6.45, 7) is 0.750. The summed E-state index contributed by atoms with van der Waals surface area (Å²) in [4.78, 5) is 61.2. The average Bonchev–Trinajstić information content (AvgIpc) is 2.97. The molecule has 0 saturated carbocycles. The number of fused-ring (bicyclic) bond motifs is 1. The lowest BCUT2D eigenvalue weighted by Gasteiger charge is -2.14. The number of allylic oxidation sites excluding steroid dienone is 2. The molecule has 8 nitrogen and oxygen atoms in total. The molecule has 3 amide bonds. The summed E-state index contributed by atoms with van der Waals surface area (Å²) >= 11 is 0. The standard InChI is InChI=1S/C21H22N2O6/c1-2-18(25)22-14-9-7-13(8-10-14)17(24)12-29-19(26)11-23-20(27)15-5-3-4-6-16(15)21(23)28/h3-4,7-10,15-16H,2,5-6,11-12H2,1H3,(H,22,25)/t15-,16+. The van der Waals surface area contributed by atoms with E-state index in [1.165, 1.54) is 12.1 Å². The highest BCUT2D eigenvalue weighted by atomic mass is 16.5. The molecule has 0 bridgehead atoms. The number of carbonyl (C=O) groups is 5. The second-order valence-corrected chi connectivity index (χ2v) is 6.98. The first kappa shape index (κ1) is 20.4. The van der Waals surface area contributed by atoms with Crippen molar-refractivity contribution in [3.8, 4) is 0 Å². The van der Waals surface area contributed by atoms with Crippen molar-refractivity contribution in [1.29, 1.82) is 0 Å². The van der Waals surface area contributed by atoms with Crippen LogP contribution in [-0.4, -0.2) is 47.5 Å². The molecule has 1 aromatic carbocycles. The molecule has 1 aliphatic carbocycles. The minimum atomic E-state index is -0.807. The van der Waals surface area contributed by atoms with Gasteiger partial charge in [0, 0.05) is 17.7 Å². The molecule has 1 saturated heterocycles. The topological polar surface area (TPSA) is 110 Å². The Labute approximate surface area is 167 Å². The van der Waals surface area contributed by atoms with Gasteiger partial charge in [-0.3, -0.25) is 28.9 Å². The van der Waals surface area contributed by atoms with E-state index in [9.17, 15) is 24.0 Å². The summed E-state index contributed by atoms with van der Waals surface area (Å²) in [5.74, 6) is -2.92. The number of ether oxygens (including phenoxy) is 1. The van der Waals surface area contributed by atoms with E-state index in [1.807, 2.05) is 12.2 Å². The third kappa shape index (κ3) is 4.59. The first-order valence-electron chi connectivity index (χ1n) is 9.49. The molecule has 29 heavy (non-hydrogen) atoms. The number of carbonyl (C=O) groups excluding carboxylic acids is 5. The number of rotatable bonds is 7. The van der Waals surface area contributed by atoms with Gasteiger partial charge in [-0.15, -0.1) is 0 Å². The zero-order valence-corrected chi connectivity index (χ0v) is 16.1. The summed E-state index contributed by atoms with van der Waals surface area (Å²) in [7, 11) is 0. The number of likely N-dealkylation sites (tertiary alicyclic amines) is 1. The number of anilines is 1. The maximum absolute atomic E-state index is 12.3. The third-order valence-electron chi connectivity index (χ3n) is 5.06. The van der Waals surface area contributed by atoms with Crippen LogP contribution < -0.4 is 5.32 Å². The molecule has 152 valence electrons. The molecule has 0 radical (unpaired) electrons. The number of imide groups is 1. The molecule has 3 rings (SSSR count). The lowest BCUT2D eigenvalue weighted by atomic mass is 9.85. The SMILES string of the molecule is CCC(=O)Nc1ccc(C(=O)COC(=O)CN2C(=O)[C@H]3CC=CC[C@H]3C2=O)cc1. The number of amides is 3. The Morgan fingerprint density at radius 2 is 1.62 bits per heavy atom. The van der Waals surface area contributed by atoms with Gasteiger partial charge in [-0.2, -0.15) is 0 Å². The van der Waals surface area contributed by atoms with Crippen LogP contribution in [0.1, 0.15) is 36.5 Å². The molecule has 0 aromatic heterocycles. The van der Waals surface area contributed by atoms with Crippen LogP contribution >= 0.6 is 0 Å². The van der Waals surface area contributed by atoms with Crippen LogP contribution in [0.4, 0.5) is 5.69 Å². The molecule has 1 heterocycles. The maximum Gasteiger partial charge on any atom is 0.326 e. The van der Waals surface area contributed by atoms with Gasteiger partial charge in [-0.05, 0) is 37.1 Å². The fourth-order valence-corrected chi connectivity index (χ4v) is 3.42. The Hall–Kier alpha value is -3.29. The first-order chi connectivity index (χ1) is 13.9. The number of Topliss-reactive ketones (excluding diaryl/α,β-unsaturated/α-hetero) is 1. The second-order valence-electron chi connectivity index (χ2n) is 6.98. The van der Waals surface area contributed by atoms with Crippen LogP contribution in [0.2, 0.25) is 0 Å². The fourth-order valence-electron chi connectivity index (χ4n) is 3.42. The fraction of sp³-hybridized carbons (Fsp3) is 0.381. The van der Waals surface area contributed by atoms with Gasteiger partial charge in [-0.25, -0.2) is 0 Å². The number of nitrogens with zero attached hydrogens (tertiary/aromatic N) is 1. The van der Waals surface area contributed by atoms with Gasteiger partial charge in [0.2, 0.25) is 17.7 Å². The van der Waals surface area contributed by atoms with Gasteiger partial charge in [0.1, 0.15) is 6.54 Å². The molecule has 1 fully saturated rings. The molecule has 1 aliphatic heterocycles. The highest BCUT2D eigenvalue weighted by Gasteiger charge is 2.47. The Balaban J connectivity index is 1.50. The van der Waals surface area contributed by atoms with E-state index >= 15 is 0 Å². The molecule has 1 aromatic rings. The molecule has 2 aliphatic rings. The van der Waals surface area contributed by atoms with Crippen molar-refractivity contribution in [2.75, 3.05) is 18.5 Å². The Kier molecular flexibility index (Phi) is 6.21. The number of esters is 1. The zero-order valence-electron chi connectivity index (χ0n) is 16.1. The largest absolute Gasteiger partial charge is 0.456 e. The van der Waals surface area contributed by atoms with Crippen LogP contribution in [-0.2, 0) is 23.9 Å². The minimum absolute atomic E-state index is 0.139. The third-order valence-corrected chi connectivity index (χ3v) is 5.06. The first-order valence-corrected chi connectivity index (χ1v) is 9.49. The van der Waals surface area contributed by atoms with Crippen LogP contribution in [0.25, 0.3) is 0 Å². The summed E-state index contributed by atoms with van der Waals surface area (Å²) < 4.78 is 4.96. The van der Waals surface area contributed by atoms with Gasteiger partial charge in [0.25, 0.3) is 0 Å². The highest BCUT2D eigenvalue weighted by molar-refractivity contribution is 6.07. The molecule has 0 unspecified atom stereocenters. The number of hydrogen-bond acceptors (Lipinski definition) is 6. The van der Waals surface area contributed by atoms with E-state index in [1.54, 1.807) is 19.1 Å². The Bertz CT molecular complexity index is 848. The van der Waals surface area contributed by atoms with E-state index in [2.05, 4.69) is 5.32 Å². The normalized spacial score (nSPS) is 20.4. The van der Waals surface area contributed by atoms with Gasteiger partial charge in [-0.1, -0.05) is 19.1 Å². The number of nitrogens with one attached hydrogen (secondary N) is 1. The van der Waals surface area contributed by atoms with E-state index in [0.29, 0.717) is 30.5 Å². The molecular weight excluding hydrogens is 376 g/mol.